The molecule has 0 fully saturated rings. The van der Waals surface area contributed by atoms with E-state index < -0.39 is 0 Å². The average molecular weight is 205 g/mol. The van der Waals surface area contributed by atoms with Crippen molar-refractivity contribution < 1.29 is 4.74 Å². The fourth-order valence-corrected chi connectivity index (χ4v) is 1.18. The Morgan fingerprint density at radius 1 is 1.40 bits per heavy atom. The first kappa shape index (κ1) is 9.60. The van der Waals surface area contributed by atoms with E-state index in [2.05, 4.69) is 15.5 Å². The van der Waals surface area contributed by atoms with Crippen LogP contribution in [0.2, 0.25) is 0 Å². The van der Waals surface area contributed by atoms with E-state index in [1.807, 2.05) is 24.3 Å². The van der Waals surface area contributed by atoms with Gasteiger partial charge in [0.25, 0.3) is 0 Å². The molecule has 15 heavy (non-hydrogen) atoms. The lowest BCUT2D eigenvalue weighted by atomic mass is 10.2. The lowest BCUT2D eigenvalue weighted by Gasteiger charge is -2.06. The van der Waals surface area contributed by atoms with Gasteiger partial charge < -0.3 is 10.5 Å². The van der Waals surface area contributed by atoms with Crippen LogP contribution in [0.3, 0.4) is 0 Å². The molecule has 0 aliphatic carbocycles. The largest absolute Gasteiger partial charge is 0.423 e. The highest BCUT2D eigenvalue weighted by atomic mass is 16.5. The first-order chi connectivity index (χ1) is 7.31. The highest BCUT2D eigenvalue weighted by Gasteiger charge is 2.07. The van der Waals surface area contributed by atoms with Gasteiger partial charge in [-0.15, -0.1) is 0 Å². The number of benzene rings is 1. The molecule has 0 unspecified atom stereocenters. The predicted octanol–water partition coefficient (Wildman–Crippen LogP) is 0.461. The van der Waals surface area contributed by atoms with Gasteiger partial charge in [-0.05, 0) is 16.5 Å². The number of ether oxygens (including phenoxy) is 1. The quantitative estimate of drug-likeness (QED) is 0.787. The van der Waals surface area contributed by atoms with Crippen LogP contribution in [0.25, 0.3) is 0 Å². The van der Waals surface area contributed by atoms with Crippen molar-refractivity contribution in [3.8, 4) is 11.8 Å². The molecule has 1 heterocycles. The lowest BCUT2D eigenvalue weighted by molar-refractivity contribution is 0.410. The van der Waals surface area contributed by atoms with Crippen LogP contribution in [0.1, 0.15) is 5.56 Å². The van der Waals surface area contributed by atoms with Crippen molar-refractivity contribution in [3.63, 3.8) is 0 Å². The van der Waals surface area contributed by atoms with Crippen LogP contribution in [0.15, 0.2) is 24.3 Å². The molecule has 1 aromatic heterocycles. The Hall–Kier alpha value is -1.95. The molecule has 0 radical (unpaired) electrons. The molecule has 0 atom stereocenters. The second-order valence-electron chi connectivity index (χ2n) is 3.00. The highest BCUT2D eigenvalue weighted by molar-refractivity contribution is 5.34. The first-order valence-corrected chi connectivity index (χ1v) is 4.49. The molecule has 1 aromatic carbocycles. The summed E-state index contributed by atoms with van der Waals surface area (Å²) < 4.78 is 6.97. The van der Waals surface area contributed by atoms with Gasteiger partial charge in [0.1, 0.15) is 5.75 Å². The van der Waals surface area contributed by atoms with Crippen molar-refractivity contribution >= 4 is 0 Å². The number of aromatic nitrogens is 4. The maximum Gasteiger partial charge on any atom is 0.340 e. The van der Waals surface area contributed by atoms with Crippen molar-refractivity contribution in [3.05, 3.63) is 29.8 Å². The summed E-state index contributed by atoms with van der Waals surface area (Å²) in [5.74, 6) is 0.679. The number of nitrogens with two attached hydrogens (primary N) is 1. The Bertz CT molecular complexity index is 453. The third-order valence-corrected chi connectivity index (χ3v) is 1.98. The van der Waals surface area contributed by atoms with Crippen molar-refractivity contribution in [2.75, 3.05) is 0 Å². The lowest BCUT2D eigenvalue weighted by Crippen LogP contribution is -2.01. The third kappa shape index (κ3) is 1.94. The van der Waals surface area contributed by atoms with Gasteiger partial charge >= 0.3 is 6.01 Å². The molecule has 78 valence electrons. The maximum atomic E-state index is 5.58. The molecular formula is C9H11N5O. The minimum Gasteiger partial charge on any atom is -0.423 e. The highest BCUT2D eigenvalue weighted by Crippen LogP contribution is 2.22. The van der Waals surface area contributed by atoms with E-state index in [0.717, 1.165) is 5.56 Å². The summed E-state index contributed by atoms with van der Waals surface area (Å²) in [6.07, 6.45) is 0. The van der Waals surface area contributed by atoms with Crippen LogP contribution in [-0.2, 0) is 13.6 Å². The van der Waals surface area contributed by atoms with Crippen molar-refractivity contribution in [1.82, 2.24) is 20.2 Å². The third-order valence-electron chi connectivity index (χ3n) is 1.98. The van der Waals surface area contributed by atoms with Gasteiger partial charge in [0, 0.05) is 19.2 Å². The molecule has 2 aromatic rings. The van der Waals surface area contributed by atoms with Crippen molar-refractivity contribution in [2.45, 2.75) is 6.54 Å². The Balaban J connectivity index is 2.28. The van der Waals surface area contributed by atoms with Gasteiger partial charge in [0.15, 0.2) is 0 Å². The Labute approximate surface area is 86.7 Å². The zero-order valence-corrected chi connectivity index (χ0v) is 8.29. The molecule has 6 nitrogen and oxygen atoms in total. The Kier molecular flexibility index (Phi) is 2.59. The fraction of sp³-hybridized carbons (Fsp3) is 0.222. The van der Waals surface area contributed by atoms with Gasteiger partial charge in [0.2, 0.25) is 0 Å². The van der Waals surface area contributed by atoms with Crippen LogP contribution in [-0.4, -0.2) is 20.2 Å². The molecule has 2 N–H and O–H groups in total. The topological polar surface area (TPSA) is 78.8 Å². The average Bonchev–Trinajstić information content (AvgIpc) is 2.65. The zero-order chi connectivity index (χ0) is 10.7. The molecule has 6 heteroatoms. The van der Waals surface area contributed by atoms with Crippen molar-refractivity contribution in [1.29, 1.82) is 0 Å². The van der Waals surface area contributed by atoms with Crippen LogP contribution >= 0.6 is 0 Å². The number of hydrogen-bond donors (Lipinski definition) is 1. The second kappa shape index (κ2) is 4.05. The summed E-state index contributed by atoms with van der Waals surface area (Å²) in [5, 5.41) is 10.9. The van der Waals surface area contributed by atoms with Crippen LogP contribution < -0.4 is 10.5 Å². The zero-order valence-electron chi connectivity index (χ0n) is 8.29. The summed E-state index contributed by atoms with van der Waals surface area (Å²) in [7, 11) is 1.71. The van der Waals surface area contributed by atoms with E-state index >= 15 is 0 Å². The number of tetrazole rings is 1. The number of hydrogen-bond acceptors (Lipinski definition) is 5. The Morgan fingerprint density at radius 2 is 2.20 bits per heavy atom. The molecule has 0 spiro atoms. The molecule has 0 aliphatic rings. The molecule has 0 aliphatic heterocycles. The SMILES string of the molecule is Cn1nnnc1Oc1ccccc1CN. The van der Waals surface area contributed by atoms with Gasteiger partial charge in [-0.3, -0.25) is 0 Å². The monoisotopic (exact) mass is 205 g/mol. The molecule has 0 bridgehead atoms. The number of para-hydroxylation sites is 1. The summed E-state index contributed by atoms with van der Waals surface area (Å²) in [5.41, 5.74) is 6.50. The fourth-order valence-electron chi connectivity index (χ4n) is 1.18. The summed E-state index contributed by atoms with van der Waals surface area (Å²) in [6, 6.07) is 7.86. The minimum absolute atomic E-state index is 0.343. The first-order valence-electron chi connectivity index (χ1n) is 4.49. The number of rotatable bonds is 3. The number of nitrogens with zero attached hydrogens (tertiary/aromatic N) is 4. The van der Waals surface area contributed by atoms with E-state index in [-0.39, 0.29) is 0 Å². The minimum atomic E-state index is 0.343. The standard InChI is InChI=1S/C9H11N5O/c1-14-9(11-12-13-14)15-8-5-3-2-4-7(8)6-10/h2-5H,6,10H2,1H3. The predicted molar refractivity (Wildman–Crippen MR) is 53.2 cm³/mol. The van der Waals surface area contributed by atoms with E-state index in [4.69, 9.17) is 10.5 Å². The van der Waals surface area contributed by atoms with E-state index in [9.17, 15) is 0 Å². The smallest absolute Gasteiger partial charge is 0.340 e. The van der Waals surface area contributed by atoms with Gasteiger partial charge in [-0.25, -0.2) is 0 Å². The van der Waals surface area contributed by atoms with Crippen LogP contribution in [0.5, 0.6) is 11.8 Å². The van der Waals surface area contributed by atoms with Gasteiger partial charge in [-0.1, -0.05) is 23.3 Å². The molecule has 0 saturated carbocycles. The van der Waals surface area contributed by atoms with E-state index in [1.165, 1.54) is 4.68 Å². The van der Waals surface area contributed by atoms with E-state index in [1.54, 1.807) is 7.05 Å². The number of aryl methyl sites for hydroxylation is 1. The van der Waals surface area contributed by atoms with Gasteiger partial charge in [-0.2, -0.15) is 4.68 Å². The molecule has 2 rings (SSSR count). The Morgan fingerprint density at radius 3 is 2.87 bits per heavy atom. The molecule has 0 saturated heterocycles. The molecule has 0 amide bonds. The summed E-state index contributed by atoms with van der Waals surface area (Å²) in [4.78, 5) is 0. The van der Waals surface area contributed by atoms with E-state index in [0.29, 0.717) is 18.3 Å². The second-order valence-corrected chi connectivity index (χ2v) is 3.00. The maximum absolute atomic E-state index is 5.58. The van der Waals surface area contributed by atoms with Crippen LogP contribution in [0.4, 0.5) is 0 Å². The normalized spacial score (nSPS) is 10.3. The molecular weight excluding hydrogens is 194 g/mol. The van der Waals surface area contributed by atoms with Crippen LogP contribution in [0, 0.1) is 0 Å². The summed E-state index contributed by atoms with van der Waals surface area (Å²) >= 11 is 0. The van der Waals surface area contributed by atoms with Crippen molar-refractivity contribution in [2.24, 2.45) is 12.8 Å². The summed E-state index contributed by atoms with van der Waals surface area (Å²) in [6.45, 7) is 0.418. The van der Waals surface area contributed by atoms with Gasteiger partial charge in [0.05, 0.1) is 0 Å².